The van der Waals surface area contributed by atoms with Crippen LogP contribution in [0.3, 0.4) is 0 Å². The molecule has 0 amide bonds. The van der Waals surface area contributed by atoms with Gasteiger partial charge in [-0.05, 0) is 0 Å². The summed E-state index contributed by atoms with van der Waals surface area (Å²) in [7, 11) is 0. The molecule has 9 heteroatoms. The standard InChI is InChI=1S/C8H10O9/c9-5(10)1-3-7(13)15-17-16-8(14)4-2-6(11)12/h1-4H2,(H,9,10)(H,11,12). The van der Waals surface area contributed by atoms with Gasteiger partial charge >= 0.3 is 23.9 Å². The molecule has 17 heavy (non-hydrogen) atoms. The average molecular weight is 250 g/mol. The van der Waals surface area contributed by atoms with E-state index in [4.69, 9.17) is 10.2 Å². The summed E-state index contributed by atoms with van der Waals surface area (Å²) in [5, 5.41) is 20.2. The second kappa shape index (κ2) is 8.05. The van der Waals surface area contributed by atoms with Gasteiger partial charge in [0.1, 0.15) is 0 Å². The minimum atomic E-state index is -1.19. The van der Waals surface area contributed by atoms with Gasteiger partial charge < -0.3 is 10.2 Å². The Balaban J connectivity index is 3.55. The predicted octanol–water partition coefficient (Wildman–Crippen LogP) is -0.351. The third-order valence-electron chi connectivity index (χ3n) is 1.34. The van der Waals surface area contributed by atoms with Gasteiger partial charge in [0.2, 0.25) is 0 Å². The molecule has 0 fully saturated rings. The molecule has 96 valence electrons. The molecule has 0 saturated carbocycles. The van der Waals surface area contributed by atoms with E-state index in [0.29, 0.717) is 0 Å². The van der Waals surface area contributed by atoms with Crippen LogP contribution in [0.4, 0.5) is 0 Å². The Bertz CT molecular complexity index is 278. The Morgan fingerprint density at radius 2 is 1.06 bits per heavy atom. The van der Waals surface area contributed by atoms with E-state index >= 15 is 0 Å². The van der Waals surface area contributed by atoms with Gasteiger partial charge in [-0.3, -0.25) is 19.4 Å². The molecule has 0 aromatic carbocycles. The lowest BCUT2D eigenvalue weighted by Gasteiger charge is -2.00. The first kappa shape index (κ1) is 14.8. The molecule has 9 nitrogen and oxygen atoms in total. The van der Waals surface area contributed by atoms with E-state index < -0.39 is 49.6 Å². The van der Waals surface area contributed by atoms with Crippen molar-refractivity contribution in [3.8, 4) is 0 Å². The lowest BCUT2D eigenvalue weighted by atomic mass is 10.3. The maximum atomic E-state index is 10.7. The molecule has 0 aromatic rings. The summed E-state index contributed by atoms with van der Waals surface area (Å²) in [6.07, 6.45) is -1.78. The van der Waals surface area contributed by atoms with Crippen LogP contribution < -0.4 is 0 Å². The van der Waals surface area contributed by atoms with Crippen molar-refractivity contribution >= 4 is 23.9 Å². The molecular weight excluding hydrogens is 240 g/mol. The topological polar surface area (TPSA) is 136 Å². The summed E-state index contributed by atoms with van der Waals surface area (Å²) < 4.78 is 0. The first-order chi connectivity index (χ1) is 7.91. The molecule has 0 aliphatic carbocycles. The first-order valence-electron chi connectivity index (χ1n) is 4.42. The van der Waals surface area contributed by atoms with E-state index in [9.17, 15) is 19.2 Å². The van der Waals surface area contributed by atoms with Gasteiger partial charge in [-0.15, -0.1) is 0 Å². The Morgan fingerprint density at radius 3 is 1.35 bits per heavy atom. The monoisotopic (exact) mass is 250 g/mol. The van der Waals surface area contributed by atoms with E-state index in [2.05, 4.69) is 14.8 Å². The van der Waals surface area contributed by atoms with E-state index in [1.807, 2.05) is 0 Å². The largest absolute Gasteiger partial charge is 0.481 e. The molecule has 0 aliphatic heterocycles. The van der Waals surface area contributed by atoms with Crippen LogP contribution in [0.5, 0.6) is 0 Å². The van der Waals surface area contributed by atoms with Gasteiger partial charge in [0, 0.05) is 5.04 Å². The number of carbonyl (C=O) groups excluding carboxylic acids is 2. The third kappa shape index (κ3) is 10.1. The van der Waals surface area contributed by atoms with Crippen LogP contribution in [-0.4, -0.2) is 34.1 Å². The number of rotatable bonds is 8. The molecule has 0 bridgehead atoms. The summed E-state index contributed by atoms with van der Waals surface area (Å²) >= 11 is 0. The fourth-order valence-corrected chi connectivity index (χ4v) is 0.594. The Hall–Kier alpha value is -2.16. The quantitative estimate of drug-likeness (QED) is 0.437. The van der Waals surface area contributed by atoms with E-state index in [1.165, 1.54) is 0 Å². The maximum Gasteiger partial charge on any atom is 0.347 e. The summed E-state index contributed by atoms with van der Waals surface area (Å²) in [6.45, 7) is 0. The van der Waals surface area contributed by atoms with Crippen LogP contribution in [0.1, 0.15) is 25.7 Å². The lowest BCUT2D eigenvalue weighted by Crippen LogP contribution is -2.12. The number of hydrogen-bond donors (Lipinski definition) is 2. The van der Waals surface area contributed by atoms with Crippen molar-refractivity contribution in [2.24, 2.45) is 0 Å². The zero-order chi connectivity index (χ0) is 13.3. The smallest absolute Gasteiger partial charge is 0.347 e. The SMILES string of the molecule is O=C(O)CCC(=O)OOOC(=O)CCC(=O)O. The maximum absolute atomic E-state index is 10.7. The molecule has 0 saturated heterocycles. The molecule has 0 heterocycles. The average Bonchev–Trinajstić information content (AvgIpc) is 2.23. The highest BCUT2D eigenvalue weighted by molar-refractivity contribution is 5.77. The van der Waals surface area contributed by atoms with Gasteiger partial charge in [0.05, 0.1) is 25.7 Å². The van der Waals surface area contributed by atoms with Crippen molar-refractivity contribution in [3.05, 3.63) is 0 Å². The van der Waals surface area contributed by atoms with Crippen LogP contribution >= 0.6 is 0 Å². The van der Waals surface area contributed by atoms with Crippen molar-refractivity contribution in [2.75, 3.05) is 0 Å². The highest BCUT2D eigenvalue weighted by atomic mass is 17.5. The molecular formula is C8H10O9. The van der Waals surface area contributed by atoms with Crippen molar-refractivity contribution < 1.29 is 44.2 Å². The van der Waals surface area contributed by atoms with Crippen LogP contribution in [-0.2, 0) is 34.0 Å². The highest BCUT2D eigenvalue weighted by Gasteiger charge is 2.11. The fraction of sp³-hybridized carbons (Fsp3) is 0.500. The van der Waals surface area contributed by atoms with Gasteiger partial charge in [-0.25, -0.2) is 9.59 Å². The number of carboxylic acid groups (broad SMARTS) is 2. The zero-order valence-corrected chi connectivity index (χ0v) is 8.58. The molecule has 0 spiro atoms. The summed E-state index contributed by atoms with van der Waals surface area (Å²) in [5.74, 6) is -4.45. The van der Waals surface area contributed by atoms with Gasteiger partial charge in [0.25, 0.3) is 0 Å². The van der Waals surface area contributed by atoms with Gasteiger partial charge in [0.15, 0.2) is 0 Å². The summed E-state index contributed by atoms with van der Waals surface area (Å²) in [5.41, 5.74) is 0. The van der Waals surface area contributed by atoms with Crippen molar-refractivity contribution in [2.45, 2.75) is 25.7 Å². The molecule has 0 atom stereocenters. The first-order valence-corrected chi connectivity index (χ1v) is 4.42. The van der Waals surface area contributed by atoms with Crippen LogP contribution in [0, 0.1) is 0 Å². The molecule has 0 radical (unpaired) electrons. The number of aliphatic carboxylic acids is 2. The molecule has 0 rings (SSSR count). The summed E-state index contributed by atoms with van der Waals surface area (Å²) in [4.78, 5) is 49.2. The molecule has 2 N–H and O–H groups in total. The minimum Gasteiger partial charge on any atom is -0.481 e. The van der Waals surface area contributed by atoms with Crippen LogP contribution in [0.2, 0.25) is 0 Å². The van der Waals surface area contributed by atoms with Gasteiger partial charge in [-0.1, -0.05) is 0 Å². The predicted molar refractivity (Wildman–Crippen MR) is 47.0 cm³/mol. The third-order valence-corrected chi connectivity index (χ3v) is 1.34. The van der Waals surface area contributed by atoms with E-state index in [0.717, 1.165) is 0 Å². The Morgan fingerprint density at radius 1 is 0.706 bits per heavy atom. The van der Waals surface area contributed by atoms with Crippen molar-refractivity contribution in [1.82, 2.24) is 0 Å². The Kier molecular flexibility index (Phi) is 7.02. The Labute approximate surface area is 94.7 Å². The number of carboxylic acids is 2. The number of carbonyl (C=O) groups is 4. The normalized spacial score (nSPS) is 9.41. The second-order valence-corrected chi connectivity index (χ2v) is 2.77. The second-order valence-electron chi connectivity index (χ2n) is 2.77. The lowest BCUT2D eigenvalue weighted by molar-refractivity contribution is -0.459. The summed E-state index contributed by atoms with van der Waals surface area (Å²) in [6, 6.07) is 0. The zero-order valence-electron chi connectivity index (χ0n) is 8.58. The van der Waals surface area contributed by atoms with Crippen LogP contribution in [0.25, 0.3) is 0 Å². The van der Waals surface area contributed by atoms with E-state index in [1.54, 1.807) is 0 Å². The van der Waals surface area contributed by atoms with Gasteiger partial charge in [-0.2, -0.15) is 0 Å². The molecule has 0 aromatic heterocycles. The molecule has 0 unspecified atom stereocenters. The molecule has 0 aliphatic rings. The van der Waals surface area contributed by atoms with E-state index in [-0.39, 0.29) is 0 Å². The number of hydrogen-bond acceptors (Lipinski definition) is 7. The minimum absolute atomic E-state index is 0.442. The van der Waals surface area contributed by atoms with Crippen molar-refractivity contribution in [1.29, 1.82) is 0 Å². The van der Waals surface area contributed by atoms with Crippen LogP contribution in [0.15, 0.2) is 0 Å². The highest BCUT2D eigenvalue weighted by Crippen LogP contribution is 1.97. The fourth-order valence-electron chi connectivity index (χ4n) is 0.594. The van der Waals surface area contributed by atoms with Crippen molar-refractivity contribution in [3.63, 3.8) is 0 Å².